The van der Waals surface area contributed by atoms with Gasteiger partial charge in [-0.05, 0) is 131 Å². The van der Waals surface area contributed by atoms with Gasteiger partial charge < -0.3 is 9.47 Å². The Hall–Kier alpha value is -5.74. The van der Waals surface area contributed by atoms with Crippen LogP contribution in [0, 0.1) is 0 Å². The zero-order valence-corrected chi connectivity index (χ0v) is 29.3. The molecule has 6 aromatic carbocycles. The summed E-state index contributed by atoms with van der Waals surface area (Å²) in [7, 11) is 0. The summed E-state index contributed by atoms with van der Waals surface area (Å²) in [6.07, 6.45) is 0. The molecule has 1 spiro atoms. The summed E-state index contributed by atoms with van der Waals surface area (Å²) in [5.74, 6) is 1.44. The zero-order valence-electron chi connectivity index (χ0n) is 29.3. The van der Waals surface area contributed by atoms with Gasteiger partial charge in [-0.3, -0.25) is 0 Å². The fourth-order valence-corrected chi connectivity index (χ4v) is 8.63. The van der Waals surface area contributed by atoms with Gasteiger partial charge in [-0.15, -0.1) is 0 Å². The summed E-state index contributed by atoms with van der Waals surface area (Å²) in [6.45, 7) is 9.64. The van der Waals surface area contributed by atoms with Crippen LogP contribution in [0.4, 0.5) is 0 Å². The normalized spacial score (nSPS) is 17.9. The zero-order chi connectivity index (χ0) is 34.5. The fraction of sp³-hybridized carbons (Fsp3) is 0.191. The topological polar surface area (TPSA) is 43.2 Å². The van der Waals surface area contributed by atoms with Crippen molar-refractivity contribution in [3.63, 3.8) is 0 Å². The number of nitrogens with zero attached hydrogens (tertiary/aromatic N) is 2. The van der Waals surface area contributed by atoms with Crippen molar-refractivity contribution in [3.05, 3.63) is 167 Å². The first-order chi connectivity index (χ1) is 24.7. The maximum Gasteiger partial charge on any atom is 0.216 e. The quantitative estimate of drug-likeness (QED) is 0.188. The molecular formula is C47H38N2O2. The molecule has 0 fully saturated rings. The highest BCUT2D eigenvalue weighted by molar-refractivity contribution is 5.99. The lowest BCUT2D eigenvalue weighted by atomic mass is 9.70. The molecule has 0 saturated carbocycles. The summed E-state index contributed by atoms with van der Waals surface area (Å²) >= 11 is 0. The van der Waals surface area contributed by atoms with Gasteiger partial charge in [0.1, 0.15) is 13.2 Å². The molecular weight excluding hydrogens is 625 g/mol. The van der Waals surface area contributed by atoms with E-state index in [9.17, 15) is 0 Å². The lowest BCUT2D eigenvalue weighted by Gasteiger charge is -2.31. The standard InChI is InChI=1S/C47H38N2O2/c1-45(2)27-50-43(48-45)33-13-9-11-29(23-33)31-19-21-37-38-22-20-32(30-12-10-14-34(24-30)44-49-46(3,4)28-51-44)26-42(38)47(41(37)25-31)39-17-7-5-15-35(39)36-16-6-8-18-40(36)47/h5-26H,27-28H2,1-4H3. The number of hydrogen-bond donors (Lipinski definition) is 0. The number of ether oxygens (including phenoxy) is 2. The summed E-state index contributed by atoms with van der Waals surface area (Å²) in [6, 6.07) is 49.3. The van der Waals surface area contributed by atoms with Gasteiger partial charge in [0, 0.05) is 11.1 Å². The molecule has 0 bridgehead atoms. The Morgan fingerprint density at radius 1 is 0.392 bits per heavy atom. The van der Waals surface area contributed by atoms with Crippen LogP contribution in [-0.4, -0.2) is 36.1 Å². The second-order valence-electron chi connectivity index (χ2n) is 15.6. The first-order valence-electron chi connectivity index (χ1n) is 17.9. The van der Waals surface area contributed by atoms with E-state index in [4.69, 9.17) is 19.5 Å². The van der Waals surface area contributed by atoms with Gasteiger partial charge in [0.15, 0.2) is 0 Å². The molecule has 2 heterocycles. The Bertz CT molecular complexity index is 2330. The van der Waals surface area contributed by atoms with Gasteiger partial charge >= 0.3 is 0 Å². The molecule has 4 heteroatoms. The first kappa shape index (κ1) is 30.1. The van der Waals surface area contributed by atoms with E-state index < -0.39 is 5.41 Å². The smallest absolute Gasteiger partial charge is 0.216 e. The van der Waals surface area contributed by atoms with Crippen LogP contribution in [0.3, 0.4) is 0 Å². The van der Waals surface area contributed by atoms with Crippen LogP contribution in [0.25, 0.3) is 44.5 Å². The number of fused-ring (bicyclic) bond motifs is 10. The monoisotopic (exact) mass is 662 g/mol. The largest absolute Gasteiger partial charge is 0.475 e. The molecule has 4 aliphatic rings. The lowest BCUT2D eigenvalue weighted by molar-refractivity contribution is 0.279. The molecule has 51 heavy (non-hydrogen) atoms. The van der Waals surface area contributed by atoms with Crippen LogP contribution in [0.1, 0.15) is 61.1 Å². The van der Waals surface area contributed by atoms with Crippen LogP contribution < -0.4 is 0 Å². The molecule has 0 N–H and O–H groups in total. The van der Waals surface area contributed by atoms with E-state index in [1.165, 1.54) is 55.6 Å². The van der Waals surface area contributed by atoms with Crippen molar-refractivity contribution >= 4 is 11.8 Å². The molecule has 248 valence electrons. The molecule has 0 amide bonds. The summed E-state index contributed by atoms with van der Waals surface area (Å²) in [4.78, 5) is 9.73. The molecule has 0 unspecified atom stereocenters. The fourth-order valence-electron chi connectivity index (χ4n) is 8.63. The van der Waals surface area contributed by atoms with Crippen molar-refractivity contribution in [2.45, 2.75) is 44.2 Å². The number of benzene rings is 6. The van der Waals surface area contributed by atoms with Gasteiger partial charge in [0.25, 0.3) is 0 Å². The van der Waals surface area contributed by atoms with Crippen LogP contribution >= 0.6 is 0 Å². The second-order valence-corrected chi connectivity index (χ2v) is 15.6. The van der Waals surface area contributed by atoms with Crippen LogP contribution in [0.2, 0.25) is 0 Å². The summed E-state index contributed by atoms with van der Waals surface area (Å²) in [5, 5.41) is 0. The van der Waals surface area contributed by atoms with E-state index in [1.54, 1.807) is 0 Å². The van der Waals surface area contributed by atoms with Gasteiger partial charge in [0.05, 0.1) is 16.5 Å². The molecule has 2 aliphatic heterocycles. The van der Waals surface area contributed by atoms with E-state index >= 15 is 0 Å². The Morgan fingerprint density at radius 2 is 0.784 bits per heavy atom. The summed E-state index contributed by atoms with van der Waals surface area (Å²) < 4.78 is 12.1. The summed E-state index contributed by atoms with van der Waals surface area (Å²) in [5.41, 5.74) is 16.2. The maximum atomic E-state index is 6.05. The van der Waals surface area contributed by atoms with Crippen molar-refractivity contribution in [3.8, 4) is 44.5 Å². The Morgan fingerprint density at radius 3 is 1.22 bits per heavy atom. The predicted octanol–water partition coefficient (Wildman–Crippen LogP) is 10.5. The number of rotatable bonds is 4. The van der Waals surface area contributed by atoms with Crippen molar-refractivity contribution in [1.29, 1.82) is 0 Å². The Kier molecular flexibility index (Phi) is 6.28. The van der Waals surface area contributed by atoms with Gasteiger partial charge in [-0.2, -0.15) is 0 Å². The molecule has 2 aliphatic carbocycles. The molecule has 0 radical (unpaired) electrons. The molecule has 10 rings (SSSR count). The molecule has 0 aromatic heterocycles. The van der Waals surface area contributed by atoms with E-state index in [0.29, 0.717) is 13.2 Å². The number of aliphatic imine (C=N–C) groups is 2. The van der Waals surface area contributed by atoms with Crippen molar-refractivity contribution in [2.24, 2.45) is 9.98 Å². The minimum Gasteiger partial charge on any atom is -0.475 e. The minimum absolute atomic E-state index is 0.212. The van der Waals surface area contributed by atoms with E-state index in [2.05, 4.69) is 161 Å². The highest BCUT2D eigenvalue weighted by Gasteiger charge is 2.51. The molecule has 0 saturated heterocycles. The third-order valence-electron chi connectivity index (χ3n) is 10.9. The Labute approximate surface area is 299 Å². The Balaban J connectivity index is 1.17. The van der Waals surface area contributed by atoms with Gasteiger partial charge in [-0.25, -0.2) is 9.98 Å². The maximum absolute atomic E-state index is 6.05. The van der Waals surface area contributed by atoms with Crippen molar-refractivity contribution in [1.82, 2.24) is 0 Å². The average molecular weight is 663 g/mol. The third-order valence-corrected chi connectivity index (χ3v) is 10.9. The highest BCUT2D eigenvalue weighted by Crippen LogP contribution is 2.63. The molecule has 4 nitrogen and oxygen atoms in total. The first-order valence-corrected chi connectivity index (χ1v) is 17.9. The van der Waals surface area contributed by atoms with Crippen molar-refractivity contribution < 1.29 is 9.47 Å². The SMILES string of the molecule is CC1(C)COC(c2cccc(-c3ccc4c(c3)C3(c5ccccc5-c5ccccc53)c3cc(-c5cccc(C6=NC(C)(C)CO6)c5)ccc3-4)c2)=N1. The lowest BCUT2D eigenvalue weighted by Crippen LogP contribution is -2.26. The highest BCUT2D eigenvalue weighted by atomic mass is 16.5. The molecule has 0 atom stereocenters. The van der Waals surface area contributed by atoms with Crippen LogP contribution in [0.5, 0.6) is 0 Å². The third kappa shape index (κ3) is 4.52. The average Bonchev–Trinajstić information content (AvgIpc) is 3.88. The van der Waals surface area contributed by atoms with Crippen LogP contribution in [-0.2, 0) is 14.9 Å². The van der Waals surface area contributed by atoms with E-state index in [-0.39, 0.29) is 11.1 Å². The van der Waals surface area contributed by atoms with Crippen molar-refractivity contribution in [2.75, 3.05) is 13.2 Å². The van der Waals surface area contributed by atoms with Gasteiger partial charge in [-0.1, -0.05) is 97.1 Å². The second kappa shape index (κ2) is 10.6. The van der Waals surface area contributed by atoms with Crippen LogP contribution in [0.15, 0.2) is 143 Å². The predicted molar refractivity (Wildman–Crippen MR) is 207 cm³/mol. The van der Waals surface area contributed by atoms with Gasteiger partial charge in [0.2, 0.25) is 11.8 Å². The van der Waals surface area contributed by atoms with E-state index in [1.807, 2.05) is 0 Å². The minimum atomic E-state index is -0.468. The number of hydrogen-bond acceptors (Lipinski definition) is 4. The van der Waals surface area contributed by atoms with E-state index in [0.717, 1.165) is 34.0 Å². The molecule has 6 aromatic rings.